The Labute approximate surface area is 118 Å². The van der Waals surface area contributed by atoms with Crippen molar-refractivity contribution in [3.05, 3.63) is 18.2 Å². The molecule has 20 heavy (non-hydrogen) atoms. The molecular formula is C14H21NO5. The summed E-state index contributed by atoms with van der Waals surface area (Å²) in [7, 11) is 4.69. The first-order valence-electron chi connectivity index (χ1n) is 6.24. The summed E-state index contributed by atoms with van der Waals surface area (Å²) in [6, 6.07) is 5.30. The maximum Gasteiger partial charge on any atom is 0.323 e. The molecule has 0 heterocycles. The highest BCUT2D eigenvalue weighted by Crippen LogP contribution is 2.36. The molecule has 0 aliphatic carbocycles. The van der Waals surface area contributed by atoms with Gasteiger partial charge in [0.1, 0.15) is 5.54 Å². The number of rotatable bonds is 8. The highest BCUT2D eigenvalue weighted by molar-refractivity contribution is 5.78. The molecule has 1 unspecified atom stereocenters. The van der Waals surface area contributed by atoms with Gasteiger partial charge in [0.15, 0.2) is 11.5 Å². The zero-order chi connectivity index (χ0) is 15.2. The number of carboxylic acids is 1. The molecule has 0 aliphatic rings. The van der Waals surface area contributed by atoms with E-state index < -0.39 is 11.5 Å². The van der Waals surface area contributed by atoms with Gasteiger partial charge in [-0.25, -0.2) is 0 Å². The van der Waals surface area contributed by atoms with Crippen molar-refractivity contribution < 1.29 is 24.1 Å². The van der Waals surface area contributed by atoms with E-state index >= 15 is 0 Å². The van der Waals surface area contributed by atoms with E-state index in [1.165, 1.54) is 14.2 Å². The number of aliphatic carboxylic acids is 1. The van der Waals surface area contributed by atoms with Crippen LogP contribution < -0.4 is 19.5 Å². The fraction of sp³-hybridized carbons (Fsp3) is 0.500. The first kappa shape index (κ1) is 16.1. The number of para-hydroxylation sites is 1. The van der Waals surface area contributed by atoms with Crippen molar-refractivity contribution in [2.24, 2.45) is 0 Å². The fourth-order valence-electron chi connectivity index (χ4n) is 1.66. The van der Waals surface area contributed by atoms with Crippen molar-refractivity contribution in [1.82, 2.24) is 5.32 Å². The minimum Gasteiger partial charge on any atom is -0.493 e. The molecule has 2 N–H and O–H groups in total. The quantitative estimate of drug-likeness (QED) is 0.753. The molecule has 0 bridgehead atoms. The molecule has 0 radical (unpaired) electrons. The standard InChI is InChI=1S/C14H21NO5/c1-14(15-2,13(16)17)8-9-20-12-10(18-3)6-5-7-11(12)19-4/h5-7,15H,8-9H2,1-4H3,(H,16,17). The number of hydrogen-bond acceptors (Lipinski definition) is 5. The predicted octanol–water partition coefficient (Wildman–Crippen LogP) is 1.54. The molecule has 0 aliphatic heterocycles. The van der Waals surface area contributed by atoms with E-state index in [9.17, 15) is 4.79 Å². The topological polar surface area (TPSA) is 77.0 Å². The Balaban J connectivity index is 2.77. The van der Waals surface area contributed by atoms with Gasteiger partial charge in [-0.05, 0) is 26.1 Å². The predicted molar refractivity (Wildman–Crippen MR) is 74.8 cm³/mol. The van der Waals surface area contributed by atoms with E-state index in [1.54, 1.807) is 32.2 Å². The summed E-state index contributed by atoms with van der Waals surface area (Å²) in [6.07, 6.45) is 0.306. The number of likely N-dealkylation sites (N-methyl/N-ethyl adjacent to an activating group) is 1. The monoisotopic (exact) mass is 283 g/mol. The number of methoxy groups -OCH3 is 2. The Hall–Kier alpha value is -1.95. The molecule has 0 fully saturated rings. The van der Waals surface area contributed by atoms with Gasteiger partial charge in [-0.1, -0.05) is 6.07 Å². The van der Waals surface area contributed by atoms with Gasteiger partial charge in [0.2, 0.25) is 5.75 Å². The molecule has 0 spiro atoms. The Morgan fingerprint density at radius 1 is 1.30 bits per heavy atom. The second kappa shape index (κ2) is 7.00. The van der Waals surface area contributed by atoms with Crippen molar-refractivity contribution in [1.29, 1.82) is 0 Å². The summed E-state index contributed by atoms with van der Waals surface area (Å²) in [6.45, 7) is 1.83. The number of carboxylic acid groups (broad SMARTS) is 1. The summed E-state index contributed by atoms with van der Waals surface area (Å²) in [5, 5.41) is 11.9. The van der Waals surface area contributed by atoms with Crippen LogP contribution in [0.1, 0.15) is 13.3 Å². The largest absolute Gasteiger partial charge is 0.493 e. The van der Waals surface area contributed by atoms with Gasteiger partial charge in [0.05, 0.1) is 20.8 Å². The minimum atomic E-state index is -1.03. The highest BCUT2D eigenvalue weighted by Gasteiger charge is 2.31. The lowest BCUT2D eigenvalue weighted by Gasteiger charge is -2.24. The third-order valence-corrected chi connectivity index (χ3v) is 3.25. The van der Waals surface area contributed by atoms with Crippen molar-refractivity contribution in [2.45, 2.75) is 18.9 Å². The average Bonchev–Trinajstić information content (AvgIpc) is 2.46. The number of ether oxygens (including phenoxy) is 3. The lowest BCUT2D eigenvalue weighted by atomic mass is 9.99. The number of nitrogens with one attached hydrogen (secondary N) is 1. The van der Waals surface area contributed by atoms with Gasteiger partial charge >= 0.3 is 5.97 Å². The molecule has 112 valence electrons. The first-order valence-corrected chi connectivity index (χ1v) is 6.24. The Morgan fingerprint density at radius 3 is 2.25 bits per heavy atom. The van der Waals surface area contributed by atoms with Crippen molar-refractivity contribution >= 4 is 5.97 Å². The molecule has 1 aromatic rings. The summed E-state index contributed by atoms with van der Waals surface area (Å²) < 4.78 is 16.1. The lowest BCUT2D eigenvalue weighted by molar-refractivity contribution is -0.144. The molecule has 0 saturated carbocycles. The third-order valence-electron chi connectivity index (χ3n) is 3.25. The first-order chi connectivity index (χ1) is 9.48. The van der Waals surface area contributed by atoms with Gasteiger partial charge in [0.25, 0.3) is 0 Å². The lowest BCUT2D eigenvalue weighted by Crippen LogP contribution is -2.48. The Bertz CT molecular complexity index is 441. The molecule has 1 atom stereocenters. The van der Waals surface area contributed by atoms with E-state index in [0.717, 1.165) is 0 Å². The van der Waals surface area contributed by atoms with Crippen LogP contribution in [0.3, 0.4) is 0 Å². The van der Waals surface area contributed by atoms with Gasteiger partial charge in [-0.2, -0.15) is 0 Å². The Kier molecular flexibility index (Phi) is 5.64. The second-order valence-electron chi connectivity index (χ2n) is 4.48. The van der Waals surface area contributed by atoms with Crippen LogP contribution in [-0.4, -0.2) is 44.5 Å². The molecular weight excluding hydrogens is 262 g/mol. The van der Waals surface area contributed by atoms with Gasteiger partial charge < -0.3 is 24.6 Å². The fourth-order valence-corrected chi connectivity index (χ4v) is 1.66. The van der Waals surface area contributed by atoms with E-state index in [-0.39, 0.29) is 6.61 Å². The number of benzene rings is 1. The maximum absolute atomic E-state index is 11.2. The maximum atomic E-state index is 11.2. The smallest absolute Gasteiger partial charge is 0.323 e. The van der Waals surface area contributed by atoms with Crippen LogP contribution in [0.2, 0.25) is 0 Å². The van der Waals surface area contributed by atoms with Gasteiger partial charge in [-0.3, -0.25) is 4.79 Å². The van der Waals surface area contributed by atoms with Crippen LogP contribution in [0.25, 0.3) is 0 Å². The molecule has 0 aromatic heterocycles. The highest BCUT2D eigenvalue weighted by atomic mass is 16.5. The summed E-state index contributed by atoms with van der Waals surface area (Å²) in [5.74, 6) is 0.647. The van der Waals surface area contributed by atoms with Crippen LogP contribution in [0.4, 0.5) is 0 Å². The SMILES string of the molecule is CNC(C)(CCOc1c(OC)cccc1OC)C(=O)O. The summed E-state index contributed by atoms with van der Waals surface area (Å²) in [4.78, 5) is 11.2. The van der Waals surface area contributed by atoms with E-state index in [2.05, 4.69) is 5.32 Å². The second-order valence-corrected chi connectivity index (χ2v) is 4.48. The van der Waals surface area contributed by atoms with Crippen LogP contribution in [0, 0.1) is 0 Å². The van der Waals surface area contributed by atoms with Crippen molar-refractivity contribution in [3.63, 3.8) is 0 Å². The summed E-state index contributed by atoms with van der Waals surface area (Å²) >= 11 is 0. The van der Waals surface area contributed by atoms with E-state index in [4.69, 9.17) is 19.3 Å². The Morgan fingerprint density at radius 2 is 1.85 bits per heavy atom. The molecule has 0 saturated heterocycles. The molecule has 1 rings (SSSR count). The van der Waals surface area contributed by atoms with Gasteiger partial charge in [-0.15, -0.1) is 0 Å². The third kappa shape index (κ3) is 3.54. The zero-order valence-electron chi connectivity index (χ0n) is 12.2. The van der Waals surface area contributed by atoms with Crippen LogP contribution in [0.5, 0.6) is 17.2 Å². The minimum absolute atomic E-state index is 0.223. The van der Waals surface area contributed by atoms with E-state index in [0.29, 0.717) is 23.7 Å². The summed E-state index contributed by atoms with van der Waals surface area (Å²) in [5.41, 5.74) is -1.03. The normalized spacial score (nSPS) is 13.4. The number of hydrogen-bond donors (Lipinski definition) is 2. The number of carbonyl (C=O) groups is 1. The average molecular weight is 283 g/mol. The zero-order valence-corrected chi connectivity index (χ0v) is 12.2. The van der Waals surface area contributed by atoms with Gasteiger partial charge in [0, 0.05) is 6.42 Å². The molecule has 6 nitrogen and oxygen atoms in total. The molecule has 0 amide bonds. The van der Waals surface area contributed by atoms with Crippen molar-refractivity contribution in [2.75, 3.05) is 27.9 Å². The van der Waals surface area contributed by atoms with Crippen LogP contribution in [0.15, 0.2) is 18.2 Å². The van der Waals surface area contributed by atoms with Crippen LogP contribution >= 0.6 is 0 Å². The van der Waals surface area contributed by atoms with Crippen molar-refractivity contribution in [3.8, 4) is 17.2 Å². The molecule has 6 heteroatoms. The van der Waals surface area contributed by atoms with Crippen LogP contribution in [-0.2, 0) is 4.79 Å². The molecule has 1 aromatic carbocycles. The van der Waals surface area contributed by atoms with E-state index in [1.807, 2.05) is 0 Å².